The Morgan fingerprint density at radius 1 is 1.47 bits per heavy atom. The second-order valence-corrected chi connectivity index (χ2v) is 5.63. The quantitative estimate of drug-likeness (QED) is 0.866. The van der Waals surface area contributed by atoms with Crippen LogP contribution in [-0.2, 0) is 6.54 Å². The molecule has 1 aliphatic rings. The van der Waals surface area contributed by atoms with E-state index in [4.69, 9.17) is 5.11 Å². The molecule has 6 heteroatoms. The van der Waals surface area contributed by atoms with Gasteiger partial charge in [0.1, 0.15) is 11.9 Å². The summed E-state index contributed by atoms with van der Waals surface area (Å²) in [7, 11) is 2.12. The number of piperazine rings is 1. The van der Waals surface area contributed by atoms with Crippen molar-refractivity contribution in [1.29, 1.82) is 0 Å². The highest BCUT2D eigenvalue weighted by atomic mass is 16.4. The largest absolute Gasteiger partial charge is 0.478 e. The molecule has 0 amide bonds. The summed E-state index contributed by atoms with van der Waals surface area (Å²) in [5, 5.41) is 9.13. The van der Waals surface area contributed by atoms with Crippen molar-refractivity contribution in [2.45, 2.75) is 25.9 Å². The van der Waals surface area contributed by atoms with Gasteiger partial charge in [-0.1, -0.05) is 0 Å². The Bertz CT molecular complexity index is 475. The Morgan fingerprint density at radius 2 is 2.21 bits per heavy atom. The van der Waals surface area contributed by atoms with Gasteiger partial charge >= 0.3 is 5.97 Å². The molecule has 6 nitrogen and oxygen atoms in total. The number of hydrogen-bond acceptors (Lipinski definition) is 5. The SMILES string of the molecule is CN1CCN(Cc2ncncc2C(=O)O)CC1(C)C. The van der Waals surface area contributed by atoms with Gasteiger partial charge in [-0.25, -0.2) is 14.8 Å². The van der Waals surface area contributed by atoms with E-state index in [-0.39, 0.29) is 11.1 Å². The van der Waals surface area contributed by atoms with Crippen LogP contribution in [0.4, 0.5) is 0 Å². The molecule has 1 saturated heterocycles. The fourth-order valence-corrected chi connectivity index (χ4v) is 2.35. The molecular formula is C13H20N4O2. The lowest BCUT2D eigenvalue weighted by Crippen LogP contribution is -2.57. The van der Waals surface area contributed by atoms with Crippen molar-refractivity contribution in [3.8, 4) is 0 Å². The first-order valence-electron chi connectivity index (χ1n) is 6.36. The molecule has 104 valence electrons. The van der Waals surface area contributed by atoms with E-state index >= 15 is 0 Å². The van der Waals surface area contributed by atoms with Gasteiger partial charge < -0.3 is 5.11 Å². The molecule has 0 saturated carbocycles. The van der Waals surface area contributed by atoms with Gasteiger partial charge in [0.15, 0.2) is 0 Å². The zero-order valence-corrected chi connectivity index (χ0v) is 11.6. The number of rotatable bonds is 3. The summed E-state index contributed by atoms with van der Waals surface area (Å²) in [6.07, 6.45) is 2.77. The number of hydrogen-bond donors (Lipinski definition) is 1. The topological polar surface area (TPSA) is 69.6 Å². The highest BCUT2D eigenvalue weighted by Gasteiger charge is 2.31. The molecule has 0 bridgehead atoms. The maximum absolute atomic E-state index is 11.1. The van der Waals surface area contributed by atoms with Crippen molar-refractivity contribution in [3.63, 3.8) is 0 Å². The molecule has 2 rings (SSSR count). The number of aromatic nitrogens is 2. The van der Waals surface area contributed by atoms with E-state index in [2.05, 4.69) is 40.7 Å². The minimum absolute atomic E-state index is 0.0919. The van der Waals surface area contributed by atoms with Crippen molar-refractivity contribution in [2.75, 3.05) is 26.7 Å². The predicted octanol–water partition coefficient (Wildman–Crippen LogP) is 0.701. The Hall–Kier alpha value is -1.53. The van der Waals surface area contributed by atoms with Gasteiger partial charge in [0.2, 0.25) is 0 Å². The zero-order chi connectivity index (χ0) is 14.0. The molecule has 1 aromatic heterocycles. The monoisotopic (exact) mass is 264 g/mol. The number of aromatic carboxylic acids is 1. The smallest absolute Gasteiger partial charge is 0.339 e. The first kappa shape index (κ1) is 13.9. The maximum Gasteiger partial charge on any atom is 0.339 e. The molecule has 1 aliphatic heterocycles. The molecule has 0 aliphatic carbocycles. The summed E-state index contributed by atoms with van der Waals surface area (Å²) in [4.78, 5) is 23.6. The lowest BCUT2D eigenvalue weighted by atomic mass is 9.99. The number of nitrogens with zero attached hydrogens (tertiary/aromatic N) is 4. The molecule has 0 atom stereocenters. The fourth-order valence-electron chi connectivity index (χ4n) is 2.35. The lowest BCUT2D eigenvalue weighted by molar-refractivity contribution is 0.0350. The molecule has 19 heavy (non-hydrogen) atoms. The molecule has 0 unspecified atom stereocenters. The van der Waals surface area contributed by atoms with Crippen LogP contribution in [-0.4, -0.2) is 63.1 Å². The maximum atomic E-state index is 11.1. The molecule has 0 radical (unpaired) electrons. The van der Waals surface area contributed by atoms with Crippen molar-refractivity contribution >= 4 is 5.97 Å². The highest BCUT2D eigenvalue weighted by molar-refractivity contribution is 5.88. The zero-order valence-electron chi connectivity index (χ0n) is 11.6. The number of carboxylic acids is 1. The fraction of sp³-hybridized carbons (Fsp3) is 0.615. The van der Waals surface area contributed by atoms with Gasteiger partial charge in [0.25, 0.3) is 0 Å². The van der Waals surface area contributed by atoms with Crippen LogP contribution >= 0.6 is 0 Å². The number of carboxylic acid groups (broad SMARTS) is 1. The molecule has 0 spiro atoms. The van der Waals surface area contributed by atoms with Gasteiger partial charge in [0, 0.05) is 37.9 Å². The molecule has 0 aromatic carbocycles. The van der Waals surface area contributed by atoms with Crippen LogP contribution < -0.4 is 0 Å². The van der Waals surface area contributed by atoms with Gasteiger partial charge in [-0.05, 0) is 20.9 Å². The van der Waals surface area contributed by atoms with E-state index in [1.54, 1.807) is 0 Å². The van der Waals surface area contributed by atoms with E-state index in [0.717, 1.165) is 19.6 Å². The standard InChI is InChI=1S/C13H20N4O2/c1-13(2)8-17(5-4-16(13)3)7-11-10(12(18)19)6-14-9-15-11/h6,9H,4-5,7-8H2,1-3H3,(H,18,19). The Labute approximate surface area is 113 Å². The molecule has 1 fully saturated rings. The normalized spacial score (nSPS) is 20.4. The number of likely N-dealkylation sites (N-methyl/N-ethyl adjacent to an activating group) is 1. The van der Waals surface area contributed by atoms with E-state index in [9.17, 15) is 4.79 Å². The Kier molecular flexibility index (Phi) is 3.82. The van der Waals surface area contributed by atoms with Crippen LogP contribution in [0.2, 0.25) is 0 Å². The van der Waals surface area contributed by atoms with Crippen LogP contribution in [0, 0.1) is 0 Å². The molecule has 1 aromatic rings. The molecular weight excluding hydrogens is 244 g/mol. The van der Waals surface area contributed by atoms with Crippen LogP contribution in [0.1, 0.15) is 29.9 Å². The lowest BCUT2D eigenvalue weighted by Gasteiger charge is -2.45. The summed E-state index contributed by atoms with van der Waals surface area (Å²) in [5.74, 6) is -0.969. The second kappa shape index (κ2) is 5.22. The summed E-state index contributed by atoms with van der Waals surface area (Å²) in [6.45, 7) is 7.73. The van der Waals surface area contributed by atoms with Crippen molar-refractivity contribution in [2.24, 2.45) is 0 Å². The van der Waals surface area contributed by atoms with E-state index < -0.39 is 5.97 Å². The van der Waals surface area contributed by atoms with Gasteiger partial charge in [-0.15, -0.1) is 0 Å². The average Bonchev–Trinajstić information content (AvgIpc) is 2.34. The highest BCUT2D eigenvalue weighted by Crippen LogP contribution is 2.20. The average molecular weight is 264 g/mol. The minimum Gasteiger partial charge on any atom is -0.478 e. The van der Waals surface area contributed by atoms with E-state index in [1.807, 2.05) is 0 Å². The van der Waals surface area contributed by atoms with Crippen LogP contribution in [0.15, 0.2) is 12.5 Å². The predicted molar refractivity (Wildman–Crippen MR) is 71.0 cm³/mol. The summed E-state index contributed by atoms with van der Waals surface area (Å²) >= 11 is 0. The molecule has 1 N–H and O–H groups in total. The van der Waals surface area contributed by atoms with Gasteiger partial charge in [-0.3, -0.25) is 9.80 Å². The van der Waals surface area contributed by atoms with Gasteiger partial charge in [0.05, 0.1) is 5.69 Å². The van der Waals surface area contributed by atoms with Crippen molar-refractivity contribution < 1.29 is 9.90 Å². The minimum atomic E-state index is -0.969. The van der Waals surface area contributed by atoms with Crippen LogP contribution in [0.3, 0.4) is 0 Å². The number of carbonyl (C=O) groups is 1. The van der Waals surface area contributed by atoms with Gasteiger partial charge in [-0.2, -0.15) is 0 Å². The third kappa shape index (κ3) is 3.08. The van der Waals surface area contributed by atoms with Crippen LogP contribution in [0.25, 0.3) is 0 Å². The Balaban J connectivity index is 2.12. The summed E-state index contributed by atoms with van der Waals surface area (Å²) in [6, 6.07) is 0. The summed E-state index contributed by atoms with van der Waals surface area (Å²) in [5.41, 5.74) is 0.872. The summed E-state index contributed by atoms with van der Waals surface area (Å²) < 4.78 is 0. The first-order valence-corrected chi connectivity index (χ1v) is 6.36. The second-order valence-electron chi connectivity index (χ2n) is 5.63. The third-order valence-electron chi connectivity index (χ3n) is 3.79. The van der Waals surface area contributed by atoms with Crippen LogP contribution in [0.5, 0.6) is 0 Å². The van der Waals surface area contributed by atoms with E-state index in [0.29, 0.717) is 12.2 Å². The Morgan fingerprint density at radius 3 is 2.84 bits per heavy atom. The van der Waals surface area contributed by atoms with E-state index in [1.165, 1.54) is 12.5 Å². The van der Waals surface area contributed by atoms with Crippen molar-refractivity contribution in [1.82, 2.24) is 19.8 Å². The third-order valence-corrected chi connectivity index (χ3v) is 3.79. The first-order chi connectivity index (χ1) is 8.90. The molecule has 2 heterocycles. The van der Waals surface area contributed by atoms with Crippen molar-refractivity contribution in [3.05, 3.63) is 23.8 Å².